The lowest BCUT2D eigenvalue weighted by Crippen LogP contribution is -2.27. The second-order valence-corrected chi connectivity index (χ2v) is 4.99. The summed E-state index contributed by atoms with van der Waals surface area (Å²) in [6.45, 7) is 4.62. The third-order valence-corrected chi connectivity index (χ3v) is 1.96. The fraction of sp³-hybridized carbons (Fsp3) is 0.385. The van der Waals surface area contributed by atoms with Gasteiger partial charge < -0.3 is 19.7 Å². The molecular weight excluding hydrogens is 266 g/mol. The van der Waals surface area contributed by atoms with E-state index in [1.807, 2.05) is 0 Å². The second-order valence-electron chi connectivity index (χ2n) is 4.99. The number of benzene rings is 1. The maximum absolute atomic E-state index is 11.5. The van der Waals surface area contributed by atoms with Gasteiger partial charge in [-0.05, 0) is 32.9 Å². The minimum atomic E-state index is -1.15. The number of carbonyl (C=O) groups excluding carboxylic acids is 1. The van der Waals surface area contributed by atoms with Crippen LogP contribution in [0.25, 0.3) is 0 Å². The molecule has 0 fully saturated rings. The smallest absolute Gasteiger partial charge is 0.412 e. The Morgan fingerprint density at radius 2 is 1.95 bits per heavy atom. The highest BCUT2D eigenvalue weighted by Gasteiger charge is 2.16. The molecule has 0 aliphatic rings. The molecule has 20 heavy (non-hydrogen) atoms. The van der Waals surface area contributed by atoms with Gasteiger partial charge in [0.1, 0.15) is 5.60 Å². The minimum absolute atomic E-state index is 0.0159. The van der Waals surface area contributed by atoms with Gasteiger partial charge in [-0.1, -0.05) is 0 Å². The lowest BCUT2D eigenvalue weighted by Gasteiger charge is -2.19. The number of phenolic OH excluding ortho intramolecular Hbond substituents is 1. The van der Waals surface area contributed by atoms with Gasteiger partial charge in [0, 0.05) is 11.8 Å². The SMILES string of the molecule is CC(C)(C)OC(=O)Nc1ccc(OCC(=O)O)c(O)c1. The van der Waals surface area contributed by atoms with Gasteiger partial charge in [0.15, 0.2) is 18.1 Å². The van der Waals surface area contributed by atoms with Crippen molar-refractivity contribution in [1.82, 2.24) is 0 Å². The average molecular weight is 283 g/mol. The zero-order valence-electron chi connectivity index (χ0n) is 11.5. The fourth-order valence-corrected chi connectivity index (χ4v) is 1.28. The molecule has 7 heteroatoms. The molecule has 0 aliphatic heterocycles. The predicted molar refractivity (Wildman–Crippen MR) is 71.1 cm³/mol. The summed E-state index contributed by atoms with van der Waals surface area (Å²) >= 11 is 0. The fourth-order valence-electron chi connectivity index (χ4n) is 1.28. The van der Waals surface area contributed by atoms with Gasteiger partial charge in [-0.25, -0.2) is 9.59 Å². The van der Waals surface area contributed by atoms with Crippen molar-refractivity contribution < 1.29 is 29.3 Å². The molecule has 3 N–H and O–H groups in total. The predicted octanol–water partition coefficient (Wildman–Crippen LogP) is 2.20. The van der Waals surface area contributed by atoms with Crippen molar-refractivity contribution in [2.45, 2.75) is 26.4 Å². The molecule has 0 bridgehead atoms. The van der Waals surface area contributed by atoms with Gasteiger partial charge in [-0.15, -0.1) is 0 Å². The van der Waals surface area contributed by atoms with Crippen molar-refractivity contribution >= 4 is 17.7 Å². The Balaban J connectivity index is 2.67. The lowest BCUT2D eigenvalue weighted by molar-refractivity contribution is -0.139. The maximum atomic E-state index is 11.5. The number of carboxylic acid groups (broad SMARTS) is 1. The van der Waals surface area contributed by atoms with E-state index in [1.54, 1.807) is 20.8 Å². The number of amides is 1. The van der Waals surface area contributed by atoms with Crippen molar-refractivity contribution in [3.05, 3.63) is 18.2 Å². The first kappa shape index (κ1) is 15.6. The van der Waals surface area contributed by atoms with Crippen molar-refractivity contribution in [2.75, 3.05) is 11.9 Å². The summed E-state index contributed by atoms with van der Waals surface area (Å²) in [4.78, 5) is 21.9. The van der Waals surface area contributed by atoms with Gasteiger partial charge >= 0.3 is 12.1 Å². The summed E-state index contributed by atoms with van der Waals surface area (Å²) in [5, 5.41) is 20.5. The van der Waals surface area contributed by atoms with Crippen molar-refractivity contribution in [2.24, 2.45) is 0 Å². The standard InChI is InChI=1S/C13H17NO6/c1-13(2,3)20-12(18)14-8-4-5-10(9(15)6-8)19-7-11(16)17/h4-6,15H,7H2,1-3H3,(H,14,18)(H,16,17). The molecule has 1 amide bonds. The van der Waals surface area contributed by atoms with Gasteiger partial charge in [-0.3, -0.25) is 5.32 Å². The van der Waals surface area contributed by atoms with Crippen molar-refractivity contribution in [3.8, 4) is 11.5 Å². The van der Waals surface area contributed by atoms with Gasteiger partial charge in [0.2, 0.25) is 0 Å². The highest BCUT2D eigenvalue weighted by molar-refractivity contribution is 5.85. The number of aromatic hydroxyl groups is 1. The average Bonchev–Trinajstić information content (AvgIpc) is 2.24. The molecule has 7 nitrogen and oxygen atoms in total. The number of rotatable bonds is 4. The second kappa shape index (κ2) is 6.14. The topological polar surface area (TPSA) is 105 Å². The number of phenols is 1. The van der Waals surface area contributed by atoms with Crippen LogP contribution in [0, 0.1) is 0 Å². The molecule has 0 saturated heterocycles. The summed E-state index contributed by atoms with van der Waals surface area (Å²) < 4.78 is 9.90. The summed E-state index contributed by atoms with van der Waals surface area (Å²) in [5.74, 6) is -1.41. The van der Waals surface area contributed by atoms with Crippen LogP contribution in [0.15, 0.2) is 18.2 Å². The van der Waals surface area contributed by atoms with E-state index in [1.165, 1.54) is 18.2 Å². The Hall–Kier alpha value is -2.44. The lowest BCUT2D eigenvalue weighted by atomic mass is 10.2. The van der Waals surface area contributed by atoms with Crippen LogP contribution >= 0.6 is 0 Å². The molecule has 0 spiro atoms. The van der Waals surface area contributed by atoms with Crippen LogP contribution in [-0.4, -0.2) is 34.5 Å². The van der Waals surface area contributed by atoms with E-state index in [0.29, 0.717) is 5.69 Å². The molecule has 1 aromatic carbocycles. The summed E-state index contributed by atoms with van der Waals surface area (Å²) in [5.41, 5.74) is -0.323. The molecular formula is C13H17NO6. The zero-order valence-corrected chi connectivity index (χ0v) is 11.5. The number of aliphatic carboxylic acids is 1. The summed E-state index contributed by atoms with van der Waals surface area (Å²) in [6.07, 6.45) is -0.656. The number of carbonyl (C=O) groups is 2. The molecule has 1 aromatic rings. The minimum Gasteiger partial charge on any atom is -0.504 e. The summed E-state index contributed by atoms with van der Waals surface area (Å²) in [7, 11) is 0. The largest absolute Gasteiger partial charge is 0.504 e. The van der Waals surface area contributed by atoms with Crippen LogP contribution in [0.1, 0.15) is 20.8 Å². The monoisotopic (exact) mass is 283 g/mol. The van der Waals surface area contributed by atoms with E-state index >= 15 is 0 Å². The zero-order chi connectivity index (χ0) is 15.3. The van der Waals surface area contributed by atoms with E-state index in [-0.39, 0.29) is 11.5 Å². The molecule has 1 rings (SSSR count). The van der Waals surface area contributed by atoms with E-state index < -0.39 is 24.3 Å². The van der Waals surface area contributed by atoms with E-state index in [9.17, 15) is 14.7 Å². The van der Waals surface area contributed by atoms with Crippen LogP contribution in [0.2, 0.25) is 0 Å². The first-order valence-electron chi connectivity index (χ1n) is 5.85. The van der Waals surface area contributed by atoms with Crippen molar-refractivity contribution in [1.29, 1.82) is 0 Å². The molecule has 0 atom stereocenters. The maximum Gasteiger partial charge on any atom is 0.412 e. The summed E-state index contributed by atoms with van der Waals surface area (Å²) in [6, 6.07) is 4.05. The molecule has 110 valence electrons. The number of hydrogen-bond acceptors (Lipinski definition) is 5. The Labute approximate surface area is 116 Å². The third-order valence-electron chi connectivity index (χ3n) is 1.96. The van der Waals surface area contributed by atoms with Crippen molar-refractivity contribution in [3.63, 3.8) is 0 Å². The van der Waals surface area contributed by atoms with Gasteiger partial charge in [-0.2, -0.15) is 0 Å². The van der Waals surface area contributed by atoms with E-state index in [4.69, 9.17) is 14.6 Å². The number of nitrogens with one attached hydrogen (secondary N) is 1. The first-order valence-corrected chi connectivity index (χ1v) is 5.85. The van der Waals surface area contributed by atoms with E-state index in [2.05, 4.69) is 5.32 Å². The number of carboxylic acids is 1. The Morgan fingerprint density at radius 1 is 1.30 bits per heavy atom. The van der Waals surface area contributed by atoms with Crippen LogP contribution in [0.4, 0.5) is 10.5 Å². The molecule has 0 heterocycles. The van der Waals surface area contributed by atoms with Gasteiger partial charge in [0.25, 0.3) is 0 Å². The quantitative estimate of drug-likeness (QED) is 0.782. The van der Waals surface area contributed by atoms with Crippen LogP contribution in [0.5, 0.6) is 11.5 Å². The molecule has 0 saturated carbocycles. The van der Waals surface area contributed by atoms with Gasteiger partial charge in [0.05, 0.1) is 0 Å². The molecule has 0 unspecified atom stereocenters. The van der Waals surface area contributed by atoms with Crippen LogP contribution < -0.4 is 10.1 Å². The van der Waals surface area contributed by atoms with Crippen LogP contribution in [-0.2, 0) is 9.53 Å². The Morgan fingerprint density at radius 3 is 2.45 bits per heavy atom. The third kappa shape index (κ3) is 5.47. The first-order chi connectivity index (χ1) is 9.17. The normalized spacial score (nSPS) is 10.8. The number of anilines is 1. The Kier molecular flexibility index (Phi) is 4.79. The van der Waals surface area contributed by atoms with E-state index in [0.717, 1.165) is 0 Å². The highest BCUT2D eigenvalue weighted by Crippen LogP contribution is 2.29. The molecule has 0 radical (unpaired) electrons. The number of ether oxygens (including phenoxy) is 2. The molecule has 0 aliphatic carbocycles. The van der Waals surface area contributed by atoms with Crippen LogP contribution in [0.3, 0.4) is 0 Å². The highest BCUT2D eigenvalue weighted by atomic mass is 16.6. The molecule has 0 aromatic heterocycles. The number of hydrogen-bond donors (Lipinski definition) is 3. The Bertz CT molecular complexity index is 506.